The molecule has 0 saturated carbocycles. The molecule has 0 atom stereocenters. The highest BCUT2D eigenvalue weighted by atomic mass is 79.9. The Kier molecular flexibility index (Phi) is 6.95. The number of hydrogen-bond acceptors (Lipinski definition) is 3. The lowest BCUT2D eigenvalue weighted by Crippen LogP contribution is -2.36. The van der Waals surface area contributed by atoms with E-state index in [2.05, 4.69) is 32.0 Å². The molecule has 3 amide bonds. The molecular formula is C26H22BrClN4O3. The van der Waals surface area contributed by atoms with Crippen LogP contribution < -0.4 is 16.1 Å². The van der Waals surface area contributed by atoms with Gasteiger partial charge in [0.25, 0.3) is 5.91 Å². The molecular weight excluding hydrogens is 532 g/mol. The number of carbonyl (C=O) groups excluding carboxylic acids is 3. The number of anilines is 2. The van der Waals surface area contributed by atoms with Crippen molar-refractivity contribution in [2.45, 2.75) is 20.8 Å². The van der Waals surface area contributed by atoms with E-state index in [9.17, 15) is 14.4 Å². The van der Waals surface area contributed by atoms with Crippen LogP contribution >= 0.6 is 27.5 Å². The standard InChI is InChI=1S/C26H22BrClN4O3/c1-14-5-8-20(19(27)10-14)29-24(33)23-13-17-12-18(28)7-9-22(17)32(23)31-26(35)25(34)30-21-11-15(2)4-6-16(21)3/h4-13H,1-3H3,(H,29,33)(H,30,34)(H,31,35). The van der Waals surface area contributed by atoms with Crippen LogP contribution in [-0.4, -0.2) is 22.4 Å². The quantitative estimate of drug-likeness (QED) is 0.273. The Balaban J connectivity index is 1.65. The van der Waals surface area contributed by atoms with Crippen molar-refractivity contribution in [1.29, 1.82) is 0 Å². The molecule has 3 aromatic carbocycles. The summed E-state index contributed by atoms with van der Waals surface area (Å²) in [5, 5.41) is 6.56. The van der Waals surface area contributed by atoms with Crippen molar-refractivity contribution in [2.75, 3.05) is 16.1 Å². The fourth-order valence-electron chi connectivity index (χ4n) is 3.58. The second-order valence-corrected chi connectivity index (χ2v) is 9.51. The molecule has 35 heavy (non-hydrogen) atoms. The zero-order chi connectivity index (χ0) is 25.3. The topological polar surface area (TPSA) is 92.2 Å². The van der Waals surface area contributed by atoms with Gasteiger partial charge in [-0.1, -0.05) is 29.8 Å². The van der Waals surface area contributed by atoms with Crippen LogP contribution in [0.15, 0.2) is 65.1 Å². The zero-order valence-electron chi connectivity index (χ0n) is 19.2. The van der Waals surface area contributed by atoms with Crippen molar-refractivity contribution >= 4 is 67.5 Å². The van der Waals surface area contributed by atoms with Gasteiger partial charge in [-0.15, -0.1) is 0 Å². The van der Waals surface area contributed by atoms with E-state index >= 15 is 0 Å². The normalized spacial score (nSPS) is 10.8. The van der Waals surface area contributed by atoms with Crippen molar-refractivity contribution in [2.24, 2.45) is 0 Å². The van der Waals surface area contributed by atoms with E-state index < -0.39 is 17.7 Å². The Morgan fingerprint density at radius 3 is 2.26 bits per heavy atom. The van der Waals surface area contributed by atoms with Crippen molar-refractivity contribution < 1.29 is 14.4 Å². The van der Waals surface area contributed by atoms with E-state index in [0.717, 1.165) is 16.7 Å². The molecule has 0 spiro atoms. The number of benzene rings is 3. The van der Waals surface area contributed by atoms with Crippen LogP contribution in [0.3, 0.4) is 0 Å². The van der Waals surface area contributed by atoms with Crippen LogP contribution in [0.4, 0.5) is 11.4 Å². The van der Waals surface area contributed by atoms with Crippen LogP contribution in [0, 0.1) is 20.8 Å². The molecule has 3 N–H and O–H groups in total. The van der Waals surface area contributed by atoms with E-state index in [-0.39, 0.29) is 5.69 Å². The first-order valence-corrected chi connectivity index (χ1v) is 11.9. The van der Waals surface area contributed by atoms with Gasteiger partial charge in [-0.3, -0.25) is 19.8 Å². The fourth-order valence-corrected chi connectivity index (χ4v) is 4.36. The maximum atomic E-state index is 13.2. The van der Waals surface area contributed by atoms with Gasteiger partial charge in [0.05, 0.1) is 11.2 Å². The lowest BCUT2D eigenvalue weighted by atomic mass is 10.1. The number of nitrogens with one attached hydrogen (secondary N) is 3. The van der Waals surface area contributed by atoms with Crippen LogP contribution in [0.25, 0.3) is 10.9 Å². The Labute approximate surface area is 215 Å². The fraction of sp³-hybridized carbons (Fsp3) is 0.115. The van der Waals surface area contributed by atoms with Crippen molar-refractivity contribution in [3.63, 3.8) is 0 Å². The minimum atomic E-state index is -0.927. The van der Waals surface area contributed by atoms with Gasteiger partial charge in [-0.25, -0.2) is 4.68 Å². The van der Waals surface area contributed by atoms with Crippen molar-refractivity contribution in [3.05, 3.63) is 92.5 Å². The van der Waals surface area contributed by atoms with Crippen LogP contribution in [0.2, 0.25) is 5.02 Å². The minimum absolute atomic E-state index is 0.127. The molecule has 0 fully saturated rings. The van der Waals surface area contributed by atoms with E-state index in [1.165, 1.54) is 4.68 Å². The lowest BCUT2D eigenvalue weighted by molar-refractivity contribution is -0.133. The molecule has 0 saturated heterocycles. The molecule has 0 radical (unpaired) electrons. The highest BCUT2D eigenvalue weighted by molar-refractivity contribution is 9.10. The number of aromatic nitrogens is 1. The van der Waals surface area contributed by atoms with Gasteiger partial charge in [0.15, 0.2) is 0 Å². The Morgan fingerprint density at radius 2 is 1.51 bits per heavy atom. The third-order valence-corrected chi connectivity index (χ3v) is 6.32. The highest BCUT2D eigenvalue weighted by Gasteiger charge is 2.22. The van der Waals surface area contributed by atoms with Gasteiger partial charge in [0, 0.05) is 20.6 Å². The second-order valence-electron chi connectivity index (χ2n) is 8.22. The minimum Gasteiger partial charge on any atom is -0.320 e. The molecule has 0 aliphatic heterocycles. The van der Waals surface area contributed by atoms with Gasteiger partial charge < -0.3 is 10.6 Å². The predicted molar refractivity (Wildman–Crippen MR) is 143 cm³/mol. The van der Waals surface area contributed by atoms with Crippen LogP contribution in [0.5, 0.6) is 0 Å². The molecule has 0 bridgehead atoms. The first-order valence-electron chi connectivity index (χ1n) is 10.7. The SMILES string of the molecule is Cc1ccc(NC(=O)c2cc3cc(Cl)ccc3n2NC(=O)C(=O)Nc2cc(C)ccc2C)c(Br)c1. The van der Waals surface area contributed by atoms with Crippen molar-refractivity contribution in [1.82, 2.24) is 4.68 Å². The molecule has 0 aliphatic carbocycles. The van der Waals surface area contributed by atoms with Crippen molar-refractivity contribution in [3.8, 4) is 0 Å². The number of nitrogens with zero attached hydrogens (tertiary/aromatic N) is 1. The molecule has 1 aromatic heterocycles. The third kappa shape index (κ3) is 5.39. The predicted octanol–water partition coefficient (Wildman–Crippen LogP) is 5.94. The first-order chi connectivity index (χ1) is 16.6. The number of rotatable bonds is 4. The summed E-state index contributed by atoms with van der Waals surface area (Å²) < 4.78 is 2.00. The molecule has 4 aromatic rings. The van der Waals surface area contributed by atoms with Gasteiger partial charge in [-0.05, 0) is 95.9 Å². The molecule has 0 unspecified atom stereocenters. The van der Waals surface area contributed by atoms with Crippen LogP contribution in [-0.2, 0) is 9.59 Å². The molecule has 9 heteroatoms. The Hall–Kier alpha value is -3.62. The highest BCUT2D eigenvalue weighted by Crippen LogP contribution is 2.26. The van der Waals surface area contributed by atoms with E-state index in [4.69, 9.17) is 11.6 Å². The average Bonchev–Trinajstić information content (AvgIpc) is 3.15. The van der Waals surface area contributed by atoms with E-state index in [1.807, 2.05) is 45.0 Å². The van der Waals surface area contributed by atoms with Gasteiger partial charge in [0.2, 0.25) is 0 Å². The number of hydrogen-bond donors (Lipinski definition) is 3. The Bertz CT molecular complexity index is 1500. The number of amides is 3. The lowest BCUT2D eigenvalue weighted by Gasteiger charge is -2.14. The average molecular weight is 554 g/mol. The number of fused-ring (bicyclic) bond motifs is 1. The molecule has 4 rings (SSSR count). The van der Waals surface area contributed by atoms with E-state index in [0.29, 0.717) is 31.8 Å². The van der Waals surface area contributed by atoms with Gasteiger partial charge in [-0.2, -0.15) is 0 Å². The maximum Gasteiger partial charge on any atom is 0.328 e. The number of aryl methyl sites for hydroxylation is 3. The summed E-state index contributed by atoms with van der Waals surface area (Å²) >= 11 is 9.58. The molecule has 1 heterocycles. The van der Waals surface area contributed by atoms with E-state index in [1.54, 1.807) is 36.4 Å². The zero-order valence-corrected chi connectivity index (χ0v) is 21.5. The second kappa shape index (κ2) is 9.93. The van der Waals surface area contributed by atoms with Gasteiger partial charge in [0.1, 0.15) is 5.69 Å². The summed E-state index contributed by atoms with van der Waals surface area (Å²) in [6, 6.07) is 17.7. The third-order valence-electron chi connectivity index (χ3n) is 5.43. The summed E-state index contributed by atoms with van der Waals surface area (Å²) in [7, 11) is 0. The summed E-state index contributed by atoms with van der Waals surface area (Å²) in [5.41, 5.74) is 7.08. The number of halogens is 2. The summed E-state index contributed by atoms with van der Waals surface area (Å²) in [4.78, 5) is 38.7. The summed E-state index contributed by atoms with van der Waals surface area (Å²) in [6.07, 6.45) is 0. The maximum absolute atomic E-state index is 13.2. The molecule has 178 valence electrons. The largest absolute Gasteiger partial charge is 0.328 e. The van der Waals surface area contributed by atoms with Gasteiger partial charge >= 0.3 is 11.8 Å². The Morgan fingerprint density at radius 1 is 0.800 bits per heavy atom. The molecule has 7 nitrogen and oxygen atoms in total. The summed E-state index contributed by atoms with van der Waals surface area (Å²) in [5.74, 6) is -2.26. The summed E-state index contributed by atoms with van der Waals surface area (Å²) in [6.45, 7) is 5.67. The number of carbonyl (C=O) groups is 3. The smallest absolute Gasteiger partial charge is 0.320 e. The monoisotopic (exact) mass is 552 g/mol. The first kappa shape index (κ1) is 24.5. The van der Waals surface area contributed by atoms with Crippen LogP contribution in [0.1, 0.15) is 27.2 Å². The molecule has 0 aliphatic rings.